The van der Waals surface area contributed by atoms with Crippen LogP contribution in [0, 0.1) is 0 Å². The first-order valence-electron chi connectivity index (χ1n) is 10.5. The lowest BCUT2D eigenvalue weighted by atomic mass is 10.0. The second-order valence-corrected chi connectivity index (χ2v) is 7.51. The molecule has 0 aliphatic rings. The number of nitrogens with one attached hydrogen (secondary N) is 2. The van der Waals surface area contributed by atoms with Gasteiger partial charge in [-0.25, -0.2) is 4.98 Å². The third-order valence-corrected chi connectivity index (χ3v) is 5.34. The average Bonchev–Trinajstić information content (AvgIpc) is 3.38. The molecule has 2 atom stereocenters. The van der Waals surface area contributed by atoms with Gasteiger partial charge in [-0.3, -0.25) is 10.1 Å². The Balaban J connectivity index is 1.53. The second kappa shape index (κ2) is 9.94. The Morgan fingerprint density at radius 2 is 1.75 bits per heavy atom. The first-order chi connectivity index (χ1) is 15.6. The van der Waals surface area contributed by atoms with Gasteiger partial charge in [0.25, 0.3) is 0 Å². The zero-order valence-corrected chi connectivity index (χ0v) is 18.1. The summed E-state index contributed by atoms with van der Waals surface area (Å²) in [7, 11) is 1.61. The number of anilines is 1. The predicted octanol–water partition coefficient (Wildman–Crippen LogP) is 4.91. The molecule has 1 heterocycles. The summed E-state index contributed by atoms with van der Waals surface area (Å²) < 4.78 is 7.22. The van der Waals surface area contributed by atoms with Crippen LogP contribution in [-0.2, 0) is 4.79 Å². The number of hydrogen-bond donors (Lipinski definition) is 2. The maximum Gasteiger partial charge on any atom is 0.246 e. The largest absolute Gasteiger partial charge is 0.497 e. The van der Waals surface area contributed by atoms with Crippen LogP contribution in [-0.4, -0.2) is 22.6 Å². The van der Waals surface area contributed by atoms with Crippen LogP contribution in [0.5, 0.6) is 5.75 Å². The van der Waals surface area contributed by atoms with E-state index in [0.717, 1.165) is 16.8 Å². The number of rotatable bonds is 8. The van der Waals surface area contributed by atoms with E-state index in [0.29, 0.717) is 11.4 Å². The molecule has 3 aromatic carbocycles. The lowest BCUT2D eigenvalue weighted by Crippen LogP contribution is -2.34. The molecule has 0 aliphatic carbocycles. The molecular weight excluding hydrogens is 400 g/mol. The molecule has 0 radical (unpaired) electrons. The van der Waals surface area contributed by atoms with Crippen molar-refractivity contribution in [2.45, 2.75) is 19.0 Å². The first-order valence-corrected chi connectivity index (χ1v) is 10.5. The minimum atomic E-state index is -0.522. The molecule has 0 saturated carbocycles. The molecule has 4 rings (SSSR count). The molecule has 6 nitrogen and oxygen atoms in total. The zero-order chi connectivity index (χ0) is 22.3. The SMILES string of the molecule is COc1cccc(NC(=O)[C@@H](N[C@H](C)c2ccc(-n3ccnc3)cc2)c2ccccc2)c1. The topological polar surface area (TPSA) is 68.2 Å². The van der Waals surface area contributed by atoms with Crippen LogP contribution in [0.4, 0.5) is 5.69 Å². The summed E-state index contributed by atoms with van der Waals surface area (Å²) >= 11 is 0. The highest BCUT2D eigenvalue weighted by Crippen LogP contribution is 2.24. The van der Waals surface area contributed by atoms with E-state index in [1.807, 2.05) is 71.4 Å². The number of carbonyl (C=O) groups excluding carboxylic acids is 1. The molecular formula is C26H26N4O2. The highest BCUT2D eigenvalue weighted by Gasteiger charge is 2.23. The van der Waals surface area contributed by atoms with E-state index in [-0.39, 0.29) is 11.9 Å². The number of methoxy groups -OCH3 is 1. The zero-order valence-electron chi connectivity index (χ0n) is 18.1. The van der Waals surface area contributed by atoms with E-state index in [1.165, 1.54) is 0 Å². The van der Waals surface area contributed by atoms with Gasteiger partial charge in [0.1, 0.15) is 11.8 Å². The van der Waals surface area contributed by atoms with Crippen LogP contribution in [0.15, 0.2) is 97.6 Å². The van der Waals surface area contributed by atoms with Crippen molar-refractivity contribution in [2.75, 3.05) is 12.4 Å². The predicted molar refractivity (Wildman–Crippen MR) is 126 cm³/mol. The van der Waals surface area contributed by atoms with E-state index in [1.54, 1.807) is 25.7 Å². The quantitative estimate of drug-likeness (QED) is 0.420. The number of imidazole rings is 1. The van der Waals surface area contributed by atoms with Gasteiger partial charge in [0, 0.05) is 35.9 Å². The molecule has 1 aromatic heterocycles. The van der Waals surface area contributed by atoms with E-state index in [9.17, 15) is 4.79 Å². The Hall–Kier alpha value is -3.90. The number of carbonyl (C=O) groups is 1. The fourth-order valence-electron chi connectivity index (χ4n) is 3.58. The Morgan fingerprint density at radius 3 is 2.44 bits per heavy atom. The van der Waals surface area contributed by atoms with Crippen molar-refractivity contribution in [3.05, 3.63) is 109 Å². The van der Waals surface area contributed by atoms with Crippen LogP contribution in [0.3, 0.4) is 0 Å². The first kappa shape index (κ1) is 21.3. The smallest absolute Gasteiger partial charge is 0.246 e. The third kappa shape index (κ3) is 5.04. The van der Waals surface area contributed by atoms with Crippen LogP contribution >= 0.6 is 0 Å². The highest BCUT2D eigenvalue weighted by atomic mass is 16.5. The van der Waals surface area contributed by atoms with Crippen LogP contribution < -0.4 is 15.4 Å². The maximum atomic E-state index is 13.3. The normalized spacial score (nSPS) is 12.7. The van der Waals surface area contributed by atoms with Crippen LogP contribution in [0.2, 0.25) is 0 Å². The van der Waals surface area contributed by atoms with Gasteiger partial charge in [0.2, 0.25) is 5.91 Å². The molecule has 0 aliphatic heterocycles. The number of nitrogens with zero attached hydrogens (tertiary/aromatic N) is 2. The summed E-state index contributed by atoms with van der Waals surface area (Å²) in [4.78, 5) is 17.4. The van der Waals surface area contributed by atoms with Crippen LogP contribution in [0.1, 0.15) is 30.1 Å². The van der Waals surface area contributed by atoms with Gasteiger partial charge in [-0.2, -0.15) is 0 Å². The van der Waals surface area contributed by atoms with Gasteiger partial charge < -0.3 is 14.6 Å². The lowest BCUT2D eigenvalue weighted by molar-refractivity contribution is -0.118. The third-order valence-electron chi connectivity index (χ3n) is 5.34. The highest BCUT2D eigenvalue weighted by molar-refractivity contribution is 5.95. The van der Waals surface area contributed by atoms with Crippen molar-refractivity contribution in [3.63, 3.8) is 0 Å². The van der Waals surface area contributed by atoms with E-state index < -0.39 is 6.04 Å². The minimum absolute atomic E-state index is 0.0481. The van der Waals surface area contributed by atoms with E-state index in [2.05, 4.69) is 34.7 Å². The number of aromatic nitrogens is 2. The Kier molecular flexibility index (Phi) is 6.63. The summed E-state index contributed by atoms with van der Waals surface area (Å²) in [6.07, 6.45) is 5.43. The van der Waals surface area contributed by atoms with Crippen molar-refractivity contribution in [2.24, 2.45) is 0 Å². The van der Waals surface area contributed by atoms with Crippen molar-refractivity contribution in [3.8, 4) is 11.4 Å². The fourth-order valence-corrected chi connectivity index (χ4v) is 3.58. The Labute approximate surface area is 187 Å². The molecule has 6 heteroatoms. The van der Waals surface area contributed by atoms with Crippen molar-refractivity contribution >= 4 is 11.6 Å². The second-order valence-electron chi connectivity index (χ2n) is 7.51. The Bertz CT molecular complexity index is 1140. The van der Waals surface area contributed by atoms with Gasteiger partial charge in [-0.05, 0) is 42.3 Å². The summed E-state index contributed by atoms with van der Waals surface area (Å²) in [5.74, 6) is 0.560. The van der Waals surface area contributed by atoms with Crippen molar-refractivity contribution in [1.29, 1.82) is 0 Å². The molecule has 0 saturated heterocycles. The van der Waals surface area contributed by atoms with Crippen LogP contribution in [0.25, 0.3) is 5.69 Å². The fraction of sp³-hybridized carbons (Fsp3) is 0.154. The number of amides is 1. The maximum absolute atomic E-state index is 13.3. The van der Waals surface area contributed by atoms with Gasteiger partial charge in [-0.1, -0.05) is 48.5 Å². The summed E-state index contributed by atoms with van der Waals surface area (Å²) in [5.41, 5.74) is 3.71. The van der Waals surface area contributed by atoms with E-state index >= 15 is 0 Å². The number of hydrogen-bond acceptors (Lipinski definition) is 4. The summed E-state index contributed by atoms with van der Waals surface area (Å²) in [6.45, 7) is 2.06. The molecule has 0 fully saturated rings. The molecule has 2 N–H and O–H groups in total. The van der Waals surface area contributed by atoms with Gasteiger partial charge in [0.15, 0.2) is 0 Å². The summed E-state index contributed by atoms with van der Waals surface area (Å²) in [6, 6.07) is 24.7. The molecule has 0 bridgehead atoms. The monoisotopic (exact) mass is 426 g/mol. The van der Waals surface area contributed by atoms with Crippen molar-refractivity contribution < 1.29 is 9.53 Å². The molecule has 0 spiro atoms. The minimum Gasteiger partial charge on any atom is -0.497 e. The van der Waals surface area contributed by atoms with Gasteiger partial charge in [-0.15, -0.1) is 0 Å². The number of ether oxygens (including phenoxy) is 1. The van der Waals surface area contributed by atoms with Gasteiger partial charge >= 0.3 is 0 Å². The number of benzene rings is 3. The van der Waals surface area contributed by atoms with E-state index in [4.69, 9.17) is 4.74 Å². The van der Waals surface area contributed by atoms with Crippen molar-refractivity contribution in [1.82, 2.24) is 14.9 Å². The molecule has 1 amide bonds. The molecule has 4 aromatic rings. The standard InChI is InChI=1S/C26H26N4O2/c1-19(20-11-13-23(14-12-20)30-16-15-27-18-30)28-25(21-7-4-3-5-8-21)26(31)29-22-9-6-10-24(17-22)32-2/h3-19,25,28H,1-2H3,(H,29,31)/t19-,25+/m1/s1. The Morgan fingerprint density at radius 1 is 0.969 bits per heavy atom. The lowest BCUT2D eigenvalue weighted by Gasteiger charge is -2.24. The summed E-state index contributed by atoms with van der Waals surface area (Å²) in [5, 5.41) is 6.50. The average molecular weight is 427 g/mol. The molecule has 162 valence electrons. The molecule has 32 heavy (non-hydrogen) atoms. The van der Waals surface area contributed by atoms with Gasteiger partial charge in [0.05, 0.1) is 13.4 Å². The molecule has 0 unspecified atom stereocenters.